The van der Waals surface area contributed by atoms with E-state index in [4.69, 9.17) is 4.74 Å². The summed E-state index contributed by atoms with van der Waals surface area (Å²) in [5.74, 6) is -0.339. The molecular formula is C20H28FNO3. The van der Waals surface area contributed by atoms with Crippen LogP contribution < -0.4 is 0 Å². The first kappa shape index (κ1) is 18.2. The molecule has 4 nitrogen and oxygen atoms in total. The van der Waals surface area contributed by atoms with E-state index in [0.717, 1.165) is 19.3 Å². The lowest BCUT2D eigenvalue weighted by Gasteiger charge is -2.51. The fraction of sp³-hybridized carbons (Fsp3) is 0.650. The largest absolute Gasteiger partial charge is 0.444 e. The van der Waals surface area contributed by atoms with Crippen LogP contribution in [0, 0.1) is 12.7 Å². The van der Waals surface area contributed by atoms with Gasteiger partial charge in [0.1, 0.15) is 11.4 Å². The molecule has 0 saturated carbocycles. The topological polar surface area (TPSA) is 49.8 Å². The Morgan fingerprint density at radius 3 is 2.44 bits per heavy atom. The number of aryl methyl sites for hydroxylation is 1. The smallest absolute Gasteiger partial charge is 0.410 e. The number of amides is 1. The number of piperidine rings is 2. The SMILES string of the molecule is Cc1cccc(C2(O)CC3CCCC(C2)N3C(=O)OC(C)(C)C)c1F. The summed E-state index contributed by atoms with van der Waals surface area (Å²) in [5.41, 5.74) is -0.898. The van der Waals surface area contributed by atoms with Gasteiger partial charge in [0.25, 0.3) is 0 Å². The van der Waals surface area contributed by atoms with Crippen LogP contribution in [0.4, 0.5) is 9.18 Å². The molecule has 2 aliphatic heterocycles. The van der Waals surface area contributed by atoms with Gasteiger partial charge in [0.15, 0.2) is 0 Å². The molecule has 2 saturated heterocycles. The predicted molar refractivity (Wildman–Crippen MR) is 93.8 cm³/mol. The molecule has 2 unspecified atom stereocenters. The molecular weight excluding hydrogens is 321 g/mol. The third-order valence-corrected chi connectivity index (χ3v) is 5.31. The van der Waals surface area contributed by atoms with Gasteiger partial charge in [0, 0.05) is 30.5 Å². The van der Waals surface area contributed by atoms with E-state index in [1.165, 1.54) is 0 Å². The third kappa shape index (κ3) is 3.52. The molecule has 25 heavy (non-hydrogen) atoms. The van der Waals surface area contributed by atoms with Crippen molar-refractivity contribution in [1.29, 1.82) is 0 Å². The van der Waals surface area contributed by atoms with Gasteiger partial charge in [0.2, 0.25) is 0 Å². The molecule has 5 heteroatoms. The number of nitrogens with zero attached hydrogens (tertiary/aromatic N) is 1. The molecule has 1 aromatic carbocycles. The van der Waals surface area contributed by atoms with Crippen molar-refractivity contribution in [1.82, 2.24) is 4.90 Å². The van der Waals surface area contributed by atoms with Crippen LogP contribution in [0.3, 0.4) is 0 Å². The van der Waals surface area contributed by atoms with Gasteiger partial charge >= 0.3 is 6.09 Å². The predicted octanol–water partition coefficient (Wildman–Crippen LogP) is 4.27. The van der Waals surface area contributed by atoms with E-state index < -0.39 is 11.2 Å². The van der Waals surface area contributed by atoms with E-state index in [1.807, 2.05) is 20.8 Å². The molecule has 2 fully saturated rings. The van der Waals surface area contributed by atoms with E-state index >= 15 is 0 Å². The maximum Gasteiger partial charge on any atom is 0.410 e. The Bertz CT molecular complexity index is 653. The van der Waals surface area contributed by atoms with Gasteiger partial charge in [-0.1, -0.05) is 18.2 Å². The number of halogens is 1. The summed E-state index contributed by atoms with van der Waals surface area (Å²) in [6, 6.07) is 4.92. The summed E-state index contributed by atoms with van der Waals surface area (Å²) in [6.07, 6.45) is 3.01. The van der Waals surface area contributed by atoms with Crippen LogP contribution in [-0.2, 0) is 10.3 Å². The maximum atomic E-state index is 14.6. The molecule has 0 aromatic heterocycles. The molecule has 3 rings (SSSR count). The normalized spacial score (nSPS) is 29.4. The number of aliphatic hydroxyl groups is 1. The molecule has 0 radical (unpaired) electrons. The molecule has 2 atom stereocenters. The van der Waals surface area contributed by atoms with Gasteiger partial charge in [0.05, 0.1) is 5.60 Å². The Hall–Kier alpha value is -1.62. The second-order valence-electron chi connectivity index (χ2n) is 8.50. The molecule has 1 aromatic rings. The van der Waals surface area contributed by atoms with E-state index in [0.29, 0.717) is 24.0 Å². The van der Waals surface area contributed by atoms with Gasteiger partial charge in [-0.05, 0) is 52.5 Å². The van der Waals surface area contributed by atoms with E-state index in [9.17, 15) is 14.3 Å². The Morgan fingerprint density at radius 2 is 1.88 bits per heavy atom. The number of fused-ring (bicyclic) bond motifs is 2. The number of ether oxygens (including phenoxy) is 1. The van der Waals surface area contributed by atoms with Crippen molar-refractivity contribution < 1.29 is 19.0 Å². The number of hydrogen-bond acceptors (Lipinski definition) is 3. The number of rotatable bonds is 1. The van der Waals surface area contributed by atoms with Crippen molar-refractivity contribution in [3.05, 3.63) is 35.1 Å². The molecule has 2 bridgehead atoms. The van der Waals surface area contributed by atoms with E-state index in [1.54, 1.807) is 30.0 Å². The first-order valence-corrected chi connectivity index (χ1v) is 9.10. The highest BCUT2D eigenvalue weighted by Crippen LogP contribution is 2.45. The van der Waals surface area contributed by atoms with Gasteiger partial charge in [-0.3, -0.25) is 0 Å². The summed E-state index contributed by atoms with van der Waals surface area (Å²) in [5, 5.41) is 11.3. The second kappa shape index (κ2) is 6.27. The van der Waals surface area contributed by atoms with Crippen molar-refractivity contribution in [3.8, 4) is 0 Å². The van der Waals surface area contributed by atoms with Gasteiger partial charge < -0.3 is 14.7 Å². The fourth-order valence-corrected chi connectivity index (χ4v) is 4.27. The Morgan fingerprint density at radius 1 is 1.28 bits per heavy atom. The van der Waals surface area contributed by atoms with Crippen LogP contribution in [0.5, 0.6) is 0 Å². The van der Waals surface area contributed by atoms with Crippen LogP contribution in [0.1, 0.15) is 64.0 Å². The number of benzene rings is 1. The van der Waals surface area contributed by atoms with Crippen molar-refractivity contribution in [2.45, 2.75) is 83.1 Å². The zero-order valence-corrected chi connectivity index (χ0v) is 15.5. The molecule has 0 spiro atoms. The highest BCUT2D eigenvalue weighted by molar-refractivity contribution is 5.69. The minimum atomic E-state index is -1.23. The lowest BCUT2D eigenvalue weighted by molar-refractivity contribution is -0.0978. The zero-order valence-electron chi connectivity index (χ0n) is 15.5. The molecule has 1 amide bonds. The highest BCUT2D eigenvalue weighted by atomic mass is 19.1. The Labute approximate surface area is 149 Å². The number of carbonyl (C=O) groups is 1. The Balaban J connectivity index is 1.88. The van der Waals surface area contributed by atoms with Gasteiger partial charge in [-0.15, -0.1) is 0 Å². The monoisotopic (exact) mass is 349 g/mol. The summed E-state index contributed by atoms with van der Waals surface area (Å²) in [6.45, 7) is 7.26. The molecule has 2 heterocycles. The summed E-state index contributed by atoms with van der Waals surface area (Å²) >= 11 is 0. The standard InChI is InChI=1S/C20H28FNO3/c1-13-7-5-10-16(17(13)21)20(24)11-14-8-6-9-15(12-20)22(14)18(23)25-19(2,3)4/h5,7,10,14-15,24H,6,8-9,11-12H2,1-4H3. The van der Waals surface area contributed by atoms with Crippen molar-refractivity contribution >= 4 is 6.09 Å². The van der Waals surface area contributed by atoms with Crippen LogP contribution in [0.15, 0.2) is 18.2 Å². The average Bonchev–Trinajstić information content (AvgIpc) is 2.47. The van der Waals surface area contributed by atoms with E-state index in [2.05, 4.69) is 0 Å². The molecule has 1 N–H and O–H groups in total. The highest BCUT2D eigenvalue weighted by Gasteiger charge is 2.50. The van der Waals surface area contributed by atoms with Crippen LogP contribution in [0.2, 0.25) is 0 Å². The minimum absolute atomic E-state index is 0.118. The molecule has 0 aliphatic carbocycles. The number of carbonyl (C=O) groups excluding carboxylic acids is 1. The fourth-order valence-electron chi connectivity index (χ4n) is 4.27. The zero-order chi connectivity index (χ0) is 18.4. The second-order valence-corrected chi connectivity index (χ2v) is 8.50. The van der Waals surface area contributed by atoms with Crippen molar-refractivity contribution in [2.75, 3.05) is 0 Å². The van der Waals surface area contributed by atoms with Crippen molar-refractivity contribution in [3.63, 3.8) is 0 Å². The maximum absolute atomic E-state index is 14.6. The third-order valence-electron chi connectivity index (χ3n) is 5.31. The first-order valence-electron chi connectivity index (χ1n) is 9.10. The van der Waals surface area contributed by atoms with Gasteiger partial charge in [-0.25, -0.2) is 9.18 Å². The first-order chi connectivity index (χ1) is 11.6. The molecule has 138 valence electrons. The quantitative estimate of drug-likeness (QED) is 0.823. The number of hydrogen-bond donors (Lipinski definition) is 1. The lowest BCUT2D eigenvalue weighted by atomic mass is 9.72. The van der Waals surface area contributed by atoms with Crippen molar-refractivity contribution in [2.24, 2.45) is 0 Å². The molecule has 2 aliphatic rings. The summed E-state index contributed by atoms with van der Waals surface area (Å²) < 4.78 is 20.2. The van der Waals surface area contributed by atoms with Crippen LogP contribution in [0.25, 0.3) is 0 Å². The van der Waals surface area contributed by atoms with E-state index in [-0.39, 0.29) is 24.0 Å². The van der Waals surface area contributed by atoms with Crippen LogP contribution >= 0.6 is 0 Å². The Kier molecular flexibility index (Phi) is 4.56. The average molecular weight is 349 g/mol. The van der Waals surface area contributed by atoms with Gasteiger partial charge in [-0.2, -0.15) is 0 Å². The summed E-state index contributed by atoms with van der Waals surface area (Å²) in [7, 11) is 0. The van der Waals surface area contributed by atoms with Crippen LogP contribution in [-0.4, -0.2) is 33.8 Å². The lowest BCUT2D eigenvalue weighted by Crippen LogP contribution is -2.59. The minimum Gasteiger partial charge on any atom is -0.444 e. The summed E-state index contributed by atoms with van der Waals surface area (Å²) in [4.78, 5) is 14.4.